The predicted molar refractivity (Wildman–Crippen MR) is 87.2 cm³/mol. The van der Waals surface area contributed by atoms with Crippen LogP contribution in [-0.2, 0) is 10.5 Å². The molecule has 4 heteroatoms. The average molecular weight is 312 g/mol. The summed E-state index contributed by atoms with van der Waals surface area (Å²) in [5.41, 5.74) is 1.17. The zero-order valence-corrected chi connectivity index (χ0v) is 13.5. The number of hydrogen-bond acceptors (Lipinski definition) is 2. The van der Waals surface area contributed by atoms with Gasteiger partial charge in [0.15, 0.2) is 0 Å². The molecular formula is C16H22ClNOS. The Labute approximate surface area is 130 Å². The molecule has 0 radical (unpaired) electrons. The minimum absolute atomic E-state index is 0.164. The van der Waals surface area contributed by atoms with Gasteiger partial charge in [0.05, 0.1) is 5.75 Å². The lowest BCUT2D eigenvalue weighted by Gasteiger charge is -2.26. The van der Waals surface area contributed by atoms with Gasteiger partial charge in [-0.3, -0.25) is 4.79 Å². The van der Waals surface area contributed by atoms with Gasteiger partial charge < -0.3 is 5.32 Å². The van der Waals surface area contributed by atoms with Gasteiger partial charge in [0.1, 0.15) is 0 Å². The van der Waals surface area contributed by atoms with Crippen molar-refractivity contribution in [2.24, 2.45) is 5.92 Å². The minimum atomic E-state index is 0.164. The fourth-order valence-electron chi connectivity index (χ4n) is 2.56. The Morgan fingerprint density at radius 3 is 2.80 bits per heavy atom. The van der Waals surface area contributed by atoms with E-state index < -0.39 is 0 Å². The van der Waals surface area contributed by atoms with E-state index in [2.05, 4.69) is 12.2 Å². The summed E-state index contributed by atoms with van der Waals surface area (Å²) >= 11 is 7.58. The van der Waals surface area contributed by atoms with Gasteiger partial charge in [-0.2, -0.15) is 0 Å². The molecule has 0 atom stereocenters. The first-order valence-electron chi connectivity index (χ1n) is 7.25. The van der Waals surface area contributed by atoms with E-state index in [4.69, 9.17) is 11.6 Å². The zero-order valence-electron chi connectivity index (χ0n) is 11.9. The molecule has 110 valence electrons. The molecule has 0 saturated heterocycles. The largest absolute Gasteiger partial charge is 0.353 e. The summed E-state index contributed by atoms with van der Waals surface area (Å²) < 4.78 is 0. The Balaban J connectivity index is 1.65. The SMILES string of the molecule is CC1CCC(NC(=O)CSCc2cccc(Cl)c2)CC1. The third-order valence-electron chi connectivity index (χ3n) is 3.77. The summed E-state index contributed by atoms with van der Waals surface area (Å²) in [6.07, 6.45) is 4.74. The molecule has 2 rings (SSSR count). The van der Waals surface area contributed by atoms with Crippen LogP contribution in [0.1, 0.15) is 38.2 Å². The van der Waals surface area contributed by atoms with Crippen LogP contribution in [-0.4, -0.2) is 17.7 Å². The summed E-state index contributed by atoms with van der Waals surface area (Å²) in [5.74, 6) is 2.34. The highest BCUT2D eigenvalue weighted by atomic mass is 35.5. The van der Waals surface area contributed by atoms with Crippen molar-refractivity contribution >= 4 is 29.3 Å². The van der Waals surface area contributed by atoms with Crippen molar-refractivity contribution in [2.75, 3.05) is 5.75 Å². The number of benzene rings is 1. The molecule has 0 spiro atoms. The second-order valence-electron chi connectivity index (χ2n) is 5.65. The van der Waals surface area contributed by atoms with Crippen LogP contribution in [0.15, 0.2) is 24.3 Å². The summed E-state index contributed by atoms with van der Waals surface area (Å²) in [7, 11) is 0. The second kappa shape index (κ2) is 7.94. The van der Waals surface area contributed by atoms with Crippen LogP contribution < -0.4 is 5.32 Å². The number of amides is 1. The Bertz CT molecular complexity index is 444. The highest BCUT2D eigenvalue weighted by Gasteiger charge is 2.19. The maximum absolute atomic E-state index is 11.9. The monoisotopic (exact) mass is 311 g/mol. The lowest BCUT2D eigenvalue weighted by atomic mass is 9.87. The van der Waals surface area contributed by atoms with Crippen molar-refractivity contribution in [3.05, 3.63) is 34.9 Å². The Morgan fingerprint density at radius 1 is 1.35 bits per heavy atom. The van der Waals surface area contributed by atoms with E-state index in [-0.39, 0.29) is 5.91 Å². The van der Waals surface area contributed by atoms with Crippen molar-refractivity contribution < 1.29 is 4.79 Å². The highest BCUT2D eigenvalue weighted by molar-refractivity contribution is 7.99. The van der Waals surface area contributed by atoms with Crippen LogP contribution in [0.3, 0.4) is 0 Å². The third kappa shape index (κ3) is 5.37. The third-order valence-corrected chi connectivity index (χ3v) is 5.01. The first kappa shape index (κ1) is 15.7. The van der Waals surface area contributed by atoms with Gasteiger partial charge in [0, 0.05) is 16.8 Å². The Kier molecular flexibility index (Phi) is 6.24. The van der Waals surface area contributed by atoms with Crippen LogP contribution in [0.5, 0.6) is 0 Å². The molecule has 1 fully saturated rings. The van der Waals surface area contributed by atoms with E-state index in [1.165, 1.54) is 18.4 Å². The van der Waals surface area contributed by atoms with E-state index >= 15 is 0 Å². The molecule has 0 aromatic heterocycles. The maximum atomic E-state index is 11.9. The number of rotatable bonds is 5. The zero-order chi connectivity index (χ0) is 14.4. The lowest BCUT2D eigenvalue weighted by Crippen LogP contribution is -2.38. The molecule has 20 heavy (non-hydrogen) atoms. The van der Waals surface area contributed by atoms with Crippen LogP contribution in [0, 0.1) is 5.92 Å². The molecule has 0 heterocycles. The van der Waals surface area contributed by atoms with E-state index in [0.717, 1.165) is 29.5 Å². The number of carbonyl (C=O) groups excluding carboxylic acids is 1. The molecule has 1 aliphatic carbocycles. The van der Waals surface area contributed by atoms with Crippen LogP contribution in [0.2, 0.25) is 5.02 Å². The van der Waals surface area contributed by atoms with Crippen LogP contribution in [0.25, 0.3) is 0 Å². The van der Waals surface area contributed by atoms with Gasteiger partial charge in [-0.15, -0.1) is 11.8 Å². The summed E-state index contributed by atoms with van der Waals surface area (Å²) in [4.78, 5) is 11.9. The van der Waals surface area contributed by atoms with Crippen LogP contribution in [0.4, 0.5) is 0 Å². The molecule has 1 N–H and O–H groups in total. The number of thioether (sulfide) groups is 1. The van der Waals surface area contributed by atoms with Gasteiger partial charge in [-0.1, -0.05) is 30.7 Å². The molecule has 1 amide bonds. The van der Waals surface area contributed by atoms with E-state index in [9.17, 15) is 4.79 Å². The van der Waals surface area contributed by atoms with Crippen molar-refractivity contribution in [3.63, 3.8) is 0 Å². The molecule has 2 nitrogen and oxygen atoms in total. The molecule has 1 aliphatic rings. The summed E-state index contributed by atoms with van der Waals surface area (Å²) in [5, 5.41) is 3.90. The normalized spacial score (nSPS) is 22.5. The minimum Gasteiger partial charge on any atom is -0.353 e. The molecule has 0 bridgehead atoms. The van der Waals surface area contributed by atoms with Gasteiger partial charge in [0.2, 0.25) is 5.91 Å². The van der Waals surface area contributed by atoms with E-state index in [1.54, 1.807) is 11.8 Å². The van der Waals surface area contributed by atoms with Crippen molar-refractivity contribution in [1.82, 2.24) is 5.32 Å². The van der Waals surface area contributed by atoms with Gasteiger partial charge >= 0.3 is 0 Å². The predicted octanol–water partition coefficient (Wildman–Crippen LogP) is 4.27. The molecular weight excluding hydrogens is 290 g/mol. The van der Waals surface area contributed by atoms with Crippen molar-refractivity contribution in [1.29, 1.82) is 0 Å². The number of hydrogen-bond donors (Lipinski definition) is 1. The first-order chi connectivity index (χ1) is 9.63. The summed E-state index contributed by atoms with van der Waals surface area (Å²) in [6, 6.07) is 8.20. The topological polar surface area (TPSA) is 29.1 Å². The molecule has 0 unspecified atom stereocenters. The second-order valence-corrected chi connectivity index (χ2v) is 7.07. The molecule has 1 aromatic carbocycles. The average Bonchev–Trinajstić information content (AvgIpc) is 2.41. The molecule has 1 aromatic rings. The van der Waals surface area contributed by atoms with Gasteiger partial charge in [-0.25, -0.2) is 0 Å². The van der Waals surface area contributed by atoms with E-state index in [1.807, 2.05) is 24.3 Å². The fraction of sp³-hybridized carbons (Fsp3) is 0.562. The Morgan fingerprint density at radius 2 is 2.10 bits per heavy atom. The first-order valence-corrected chi connectivity index (χ1v) is 8.78. The summed E-state index contributed by atoms with van der Waals surface area (Å²) in [6.45, 7) is 2.29. The number of halogens is 1. The standard InChI is InChI=1S/C16H22ClNOS/c1-12-5-7-15(8-6-12)18-16(19)11-20-10-13-3-2-4-14(17)9-13/h2-4,9,12,15H,5-8,10-11H2,1H3,(H,18,19). The van der Waals surface area contributed by atoms with Gasteiger partial charge in [-0.05, 0) is 49.3 Å². The van der Waals surface area contributed by atoms with Crippen molar-refractivity contribution in [2.45, 2.75) is 44.4 Å². The van der Waals surface area contributed by atoms with Crippen LogP contribution >= 0.6 is 23.4 Å². The number of carbonyl (C=O) groups is 1. The van der Waals surface area contributed by atoms with E-state index in [0.29, 0.717) is 11.8 Å². The maximum Gasteiger partial charge on any atom is 0.230 e. The van der Waals surface area contributed by atoms with Crippen molar-refractivity contribution in [3.8, 4) is 0 Å². The quantitative estimate of drug-likeness (QED) is 0.880. The molecule has 0 aliphatic heterocycles. The Hall–Kier alpha value is -0.670. The highest BCUT2D eigenvalue weighted by Crippen LogP contribution is 2.23. The smallest absolute Gasteiger partial charge is 0.230 e. The fourth-order valence-corrected chi connectivity index (χ4v) is 3.56. The van der Waals surface area contributed by atoms with Gasteiger partial charge in [0.25, 0.3) is 0 Å². The molecule has 1 saturated carbocycles. The lowest BCUT2D eigenvalue weighted by molar-refractivity contribution is -0.119. The number of nitrogens with one attached hydrogen (secondary N) is 1.